The molecule has 0 saturated carbocycles. The monoisotopic (exact) mass is 231 g/mol. The number of hydrogen-bond donors (Lipinski definition) is 0. The van der Waals surface area contributed by atoms with Gasteiger partial charge >= 0.3 is 0 Å². The Hall–Kier alpha value is -2.50. The third-order valence-corrected chi connectivity index (χ3v) is 2.38. The molecule has 6 nitrogen and oxygen atoms in total. The highest BCUT2D eigenvalue weighted by molar-refractivity contribution is 5.96. The number of carbonyl (C=O) groups excluding carboxylic acids is 1. The summed E-state index contributed by atoms with van der Waals surface area (Å²) in [4.78, 5) is 25.8. The Balaban J connectivity index is 2.39. The zero-order valence-corrected chi connectivity index (χ0v) is 9.03. The van der Waals surface area contributed by atoms with Crippen LogP contribution < -0.4 is 0 Å². The molecule has 0 aliphatic heterocycles. The molecule has 1 aromatic heterocycles. The molecule has 0 atom stereocenters. The van der Waals surface area contributed by atoms with E-state index in [0.29, 0.717) is 11.1 Å². The van der Waals surface area contributed by atoms with Crippen molar-refractivity contribution in [1.82, 2.24) is 9.55 Å². The molecule has 2 aromatic rings. The second kappa shape index (κ2) is 4.17. The summed E-state index contributed by atoms with van der Waals surface area (Å²) < 4.78 is 1.32. The number of nitrogens with zero attached hydrogens (tertiary/aromatic N) is 3. The summed E-state index contributed by atoms with van der Waals surface area (Å²) >= 11 is 0. The minimum absolute atomic E-state index is 0.00665. The van der Waals surface area contributed by atoms with Crippen molar-refractivity contribution in [3.8, 4) is 0 Å². The first-order chi connectivity index (χ1) is 8.09. The summed E-state index contributed by atoms with van der Waals surface area (Å²) in [5.74, 6) is -0.263. The average molecular weight is 231 g/mol. The maximum atomic E-state index is 11.9. The molecule has 1 aromatic carbocycles. The predicted molar refractivity (Wildman–Crippen MR) is 59.8 cm³/mol. The van der Waals surface area contributed by atoms with Gasteiger partial charge in [0.2, 0.25) is 0 Å². The number of carbonyl (C=O) groups is 1. The molecule has 0 spiro atoms. The zero-order chi connectivity index (χ0) is 12.4. The van der Waals surface area contributed by atoms with Gasteiger partial charge in [0.1, 0.15) is 6.33 Å². The number of nitro groups is 1. The van der Waals surface area contributed by atoms with E-state index in [9.17, 15) is 14.9 Å². The van der Waals surface area contributed by atoms with Gasteiger partial charge in [0.15, 0.2) is 0 Å². The average Bonchev–Trinajstić information content (AvgIpc) is 2.80. The van der Waals surface area contributed by atoms with Gasteiger partial charge in [-0.1, -0.05) is 0 Å². The van der Waals surface area contributed by atoms with Crippen molar-refractivity contribution in [3.63, 3.8) is 0 Å². The fourth-order valence-electron chi connectivity index (χ4n) is 1.52. The lowest BCUT2D eigenvalue weighted by atomic mass is 10.1. The topological polar surface area (TPSA) is 78.0 Å². The van der Waals surface area contributed by atoms with E-state index < -0.39 is 4.92 Å². The maximum Gasteiger partial charge on any atom is 0.272 e. The lowest BCUT2D eigenvalue weighted by molar-refractivity contribution is -0.385. The predicted octanol–water partition coefficient (Wildman–Crippen LogP) is 1.79. The first-order valence-corrected chi connectivity index (χ1v) is 4.87. The lowest BCUT2D eigenvalue weighted by Crippen LogP contribution is -2.10. The van der Waals surface area contributed by atoms with E-state index in [1.165, 1.54) is 41.5 Å². The molecule has 0 N–H and O–H groups in total. The number of aryl methyl sites for hydroxylation is 1. The highest BCUT2D eigenvalue weighted by Crippen LogP contribution is 2.19. The quantitative estimate of drug-likeness (QED) is 0.583. The van der Waals surface area contributed by atoms with E-state index in [4.69, 9.17) is 0 Å². The zero-order valence-electron chi connectivity index (χ0n) is 9.03. The molecule has 0 radical (unpaired) electrons. The molecule has 2 rings (SSSR count). The Labute approximate surface area is 96.7 Å². The van der Waals surface area contributed by atoms with E-state index in [1.807, 2.05) is 0 Å². The molecule has 0 amide bonds. The fourth-order valence-corrected chi connectivity index (χ4v) is 1.52. The normalized spacial score (nSPS) is 10.2. The smallest absolute Gasteiger partial charge is 0.272 e. The SMILES string of the molecule is Cc1cc(C(=O)n2ccnc2)ccc1[N+](=O)[O-]. The maximum absolute atomic E-state index is 11.9. The molecule has 17 heavy (non-hydrogen) atoms. The molecule has 1 heterocycles. The van der Waals surface area contributed by atoms with Crippen LogP contribution in [0.2, 0.25) is 0 Å². The van der Waals surface area contributed by atoms with Gasteiger partial charge in [-0.2, -0.15) is 0 Å². The van der Waals surface area contributed by atoms with E-state index in [-0.39, 0.29) is 11.6 Å². The molecule has 0 saturated heterocycles. The second-order valence-electron chi connectivity index (χ2n) is 3.53. The van der Waals surface area contributed by atoms with Crippen LogP contribution in [0.25, 0.3) is 0 Å². The number of imidazole rings is 1. The highest BCUT2D eigenvalue weighted by atomic mass is 16.6. The van der Waals surface area contributed by atoms with Gasteiger partial charge in [-0.3, -0.25) is 19.5 Å². The number of aromatic nitrogens is 2. The van der Waals surface area contributed by atoms with Crippen LogP contribution >= 0.6 is 0 Å². The van der Waals surface area contributed by atoms with Gasteiger partial charge in [-0.15, -0.1) is 0 Å². The van der Waals surface area contributed by atoms with Crippen molar-refractivity contribution < 1.29 is 9.72 Å². The van der Waals surface area contributed by atoms with Crippen molar-refractivity contribution in [2.45, 2.75) is 6.92 Å². The number of nitro benzene ring substituents is 1. The summed E-state index contributed by atoms with van der Waals surface area (Å²) in [5.41, 5.74) is 0.860. The van der Waals surface area contributed by atoms with Gasteiger partial charge in [-0.25, -0.2) is 4.98 Å². The Morgan fingerprint density at radius 1 is 1.47 bits per heavy atom. The lowest BCUT2D eigenvalue weighted by Gasteiger charge is -2.02. The van der Waals surface area contributed by atoms with Crippen molar-refractivity contribution in [1.29, 1.82) is 0 Å². The van der Waals surface area contributed by atoms with Crippen molar-refractivity contribution in [2.75, 3.05) is 0 Å². The van der Waals surface area contributed by atoms with Crippen LogP contribution in [-0.2, 0) is 0 Å². The van der Waals surface area contributed by atoms with Gasteiger partial charge in [-0.05, 0) is 19.1 Å². The van der Waals surface area contributed by atoms with Gasteiger partial charge < -0.3 is 0 Å². The van der Waals surface area contributed by atoms with Crippen LogP contribution in [0.3, 0.4) is 0 Å². The molecule has 0 bridgehead atoms. The fraction of sp³-hybridized carbons (Fsp3) is 0.0909. The van der Waals surface area contributed by atoms with Gasteiger partial charge in [0.05, 0.1) is 4.92 Å². The van der Waals surface area contributed by atoms with Crippen LogP contribution in [0.1, 0.15) is 15.9 Å². The molecule has 86 valence electrons. The number of hydrogen-bond acceptors (Lipinski definition) is 4. The van der Waals surface area contributed by atoms with Gasteiger partial charge in [0.25, 0.3) is 11.6 Å². The largest absolute Gasteiger partial charge is 0.272 e. The van der Waals surface area contributed by atoms with E-state index >= 15 is 0 Å². The van der Waals surface area contributed by atoms with Crippen LogP contribution in [0.15, 0.2) is 36.9 Å². The third kappa shape index (κ3) is 2.05. The Kier molecular flexibility index (Phi) is 2.70. The van der Waals surface area contributed by atoms with Crippen LogP contribution in [-0.4, -0.2) is 20.4 Å². The van der Waals surface area contributed by atoms with Gasteiger partial charge in [0, 0.05) is 29.6 Å². The summed E-state index contributed by atoms with van der Waals surface area (Å²) in [7, 11) is 0. The molecule has 6 heteroatoms. The molecular weight excluding hydrogens is 222 g/mol. The van der Waals surface area contributed by atoms with Crippen LogP contribution in [0.5, 0.6) is 0 Å². The summed E-state index contributed by atoms with van der Waals surface area (Å²) in [5, 5.41) is 10.6. The van der Waals surface area contributed by atoms with Crippen molar-refractivity contribution in [3.05, 3.63) is 58.2 Å². The first kappa shape index (κ1) is 11.0. The van der Waals surface area contributed by atoms with E-state index in [2.05, 4.69) is 4.98 Å². The van der Waals surface area contributed by atoms with E-state index in [0.717, 1.165) is 0 Å². The molecule has 0 aliphatic carbocycles. The highest BCUT2D eigenvalue weighted by Gasteiger charge is 2.14. The summed E-state index contributed by atoms with van der Waals surface area (Å²) in [6.07, 6.45) is 4.41. The van der Waals surface area contributed by atoms with Crippen LogP contribution in [0, 0.1) is 17.0 Å². The summed E-state index contributed by atoms with van der Waals surface area (Å²) in [6, 6.07) is 4.27. The Bertz CT molecular complexity index is 576. The minimum Gasteiger partial charge on any atom is -0.272 e. The number of benzene rings is 1. The molecule has 0 fully saturated rings. The summed E-state index contributed by atoms with van der Waals surface area (Å²) in [6.45, 7) is 1.60. The van der Waals surface area contributed by atoms with Crippen molar-refractivity contribution in [2.24, 2.45) is 0 Å². The van der Waals surface area contributed by atoms with E-state index in [1.54, 1.807) is 6.92 Å². The Morgan fingerprint density at radius 3 is 2.76 bits per heavy atom. The minimum atomic E-state index is -0.471. The van der Waals surface area contributed by atoms with Crippen LogP contribution in [0.4, 0.5) is 5.69 Å². The Morgan fingerprint density at radius 2 is 2.24 bits per heavy atom. The van der Waals surface area contributed by atoms with Crippen molar-refractivity contribution >= 4 is 11.6 Å². The molecular formula is C11H9N3O3. The first-order valence-electron chi connectivity index (χ1n) is 4.87. The second-order valence-corrected chi connectivity index (χ2v) is 3.53. The third-order valence-electron chi connectivity index (χ3n) is 2.38. The standard InChI is InChI=1S/C11H9N3O3/c1-8-6-9(2-3-10(8)14(16)17)11(15)13-5-4-12-7-13/h2-7H,1H3. The number of rotatable bonds is 2. The molecule has 0 unspecified atom stereocenters. The molecule has 0 aliphatic rings.